The summed E-state index contributed by atoms with van der Waals surface area (Å²) < 4.78 is 7.17. The van der Waals surface area contributed by atoms with E-state index < -0.39 is 18.4 Å². The second-order valence-electron chi connectivity index (χ2n) is 13.3. The van der Waals surface area contributed by atoms with E-state index in [9.17, 15) is 10.1 Å². The van der Waals surface area contributed by atoms with Gasteiger partial charge in [0.15, 0.2) is 0 Å². The van der Waals surface area contributed by atoms with Crippen LogP contribution in [-0.4, -0.2) is 21.2 Å². The van der Waals surface area contributed by atoms with Crippen LogP contribution in [0, 0.1) is 22.1 Å². The molecule has 0 spiro atoms. The van der Waals surface area contributed by atoms with Crippen LogP contribution in [0.4, 0.5) is 11.4 Å². The van der Waals surface area contributed by atoms with Crippen molar-refractivity contribution in [3.8, 4) is 5.75 Å². The first kappa shape index (κ1) is 37.2. The van der Waals surface area contributed by atoms with E-state index in [0.29, 0.717) is 17.2 Å². The number of hydrogen-bond acceptors (Lipinski definition) is 4. The fourth-order valence-corrected chi connectivity index (χ4v) is 8.05. The Kier molecular flexibility index (Phi) is 13.2. The van der Waals surface area contributed by atoms with Gasteiger partial charge in [-0.2, -0.15) is 0 Å². The molecule has 0 amide bonds. The van der Waals surface area contributed by atoms with E-state index in [1.165, 1.54) is 46.5 Å². The molecule has 1 atom stereocenters. The van der Waals surface area contributed by atoms with Crippen molar-refractivity contribution in [2.45, 2.75) is 106 Å². The summed E-state index contributed by atoms with van der Waals surface area (Å²) in [5.41, 5.74) is 8.14. The molecule has 1 aliphatic heterocycles. The average molecular weight is 742 g/mol. The maximum Gasteiger partial charge on any atom is 0.0140 e. The van der Waals surface area contributed by atoms with Crippen LogP contribution < -0.4 is 9.64 Å². The minimum absolute atomic E-state index is 0.00360. The first-order valence-electron chi connectivity index (χ1n) is 15.7. The zero-order chi connectivity index (χ0) is 33.5. The summed E-state index contributed by atoms with van der Waals surface area (Å²) in [7, 11) is 11.6. The second-order valence-corrected chi connectivity index (χ2v) is 19.0. The van der Waals surface area contributed by atoms with Gasteiger partial charge in [0.1, 0.15) is 0 Å². The molecule has 1 heterocycles. The molecular weight excluding hydrogens is 692 g/mol. The first-order valence-corrected chi connectivity index (χ1v) is 21.2. The smallest absolute Gasteiger partial charge is 0.0140 e. The Hall–Kier alpha value is -2.27. The molecule has 0 aromatic heterocycles. The van der Waals surface area contributed by atoms with Crippen LogP contribution in [-0.2, 0) is 32.8 Å². The van der Waals surface area contributed by atoms with Gasteiger partial charge in [0, 0.05) is 11.2 Å². The maximum absolute atomic E-state index is 10.7. The molecule has 3 aromatic carbocycles. The molecule has 8 heteroatoms. The number of hydrogen-bond donors (Lipinski definition) is 0. The van der Waals surface area contributed by atoms with Gasteiger partial charge in [-0.05, 0) is 61.3 Å². The van der Waals surface area contributed by atoms with Crippen molar-refractivity contribution in [3.05, 3.63) is 105 Å². The van der Waals surface area contributed by atoms with E-state index >= 15 is 0 Å². The Balaban J connectivity index is 0.000000279. The van der Waals surface area contributed by atoms with Gasteiger partial charge in [0.25, 0.3) is 0 Å². The maximum atomic E-state index is 10.7. The van der Waals surface area contributed by atoms with Gasteiger partial charge >= 0.3 is 112 Å². The number of non-ortho nitro benzene ring substituents is 1. The van der Waals surface area contributed by atoms with Crippen LogP contribution in [0.3, 0.4) is 0 Å². The van der Waals surface area contributed by atoms with Crippen molar-refractivity contribution in [3.63, 3.8) is 0 Å². The molecule has 0 aliphatic carbocycles. The molecule has 1 saturated heterocycles. The van der Waals surface area contributed by atoms with E-state index in [1.54, 1.807) is 10.7 Å². The summed E-state index contributed by atoms with van der Waals surface area (Å²) >= 11 is -2.05. The Labute approximate surface area is 283 Å². The number of ether oxygens (including phenoxy) is 1. The molecule has 5 nitrogen and oxygen atoms in total. The number of halogens is 2. The van der Waals surface area contributed by atoms with Crippen molar-refractivity contribution < 1.29 is 23.2 Å². The second kappa shape index (κ2) is 16.0. The molecular formula is C37H49Cl2N2O3Ru-. The fraction of sp³-hybridized carbons (Fsp3) is 0.459. The number of rotatable bonds is 10. The van der Waals surface area contributed by atoms with E-state index in [4.69, 9.17) is 24.1 Å². The minimum atomic E-state index is -2.05. The zero-order valence-corrected chi connectivity index (χ0v) is 31.4. The molecule has 45 heavy (non-hydrogen) atoms. The quantitative estimate of drug-likeness (QED) is 0.0899. The third kappa shape index (κ3) is 10.1. The van der Waals surface area contributed by atoms with Crippen LogP contribution in [0.5, 0.6) is 5.75 Å². The van der Waals surface area contributed by atoms with E-state index in [0.717, 1.165) is 19.3 Å². The predicted octanol–water partition coefficient (Wildman–Crippen LogP) is 10.8. The van der Waals surface area contributed by atoms with Crippen molar-refractivity contribution in [1.82, 2.24) is 0 Å². The van der Waals surface area contributed by atoms with Crippen LogP contribution in [0.25, 0.3) is 0 Å². The number of nitrogens with zero attached hydrogens (tertiary/aromatic N) is 2. The van der Waals surface area contributed by atoms with Gasteiger partial charge in [-0.1, -0.05) is 83.5 Å². The third-order valence-electron chi connectivity index (χ3n) is 8.14. The minimum Gasteiger partial charge on any atom is -0.517 e. The van der Waals surface area contributed by atoms with Gasteiger partial charge < -0.3 is 4.90 Å². The monoisotopic (exact) mass is 741 g/mol. The molecule has 248 valence electrons. The summed E-state index contributed by atoms with van der Waals surface area (Å²) in [5, 5.41) is 10.7. The Morgan fingerprint density at radius 3 is 2.09 bits per heavy atom. The number of aryl methyl sites for hydroxylation is 2. The normalized spacial score (nSPS) is 17.6. The molecule has 4 rings (SSSR count). The van der Waals surface area contributed by atoms with E-state index in [1.807, 2.05) is 13.8 Å². The molecule has 0 radical (unpaired) electrons. The summed E-state index contributed by atoms with van der Waals surface area (Å²) in [6.07, 6.45) is 4.41. The molecule has 0 saturated carbocycles. The summed E-state index contributed by atoms with van der Waals surface area (Å²) in [5.74, 6) is 1.15. The molecule has 0 N–H and O–H groups in total. The number of anilines is 1. The summed E-state index contributed by atoms with van der Waals surface area (Å²) in [6, 6.07) is 20.5. The molecule has 3 aromatic rings. The van der Waals surface area contributed by atoms with Crippen LogP contribution >= 0.6 is 19.4 Å². The van der Waals surface area contributed by atoms with Gasteiger partial charge in [0.05, 0.1) is 0 Å². The Bertz CT molecular complexity index is 1460. The van der Waals surface area contributed by atoms with Gasteiger partial charge in [-0.15, -0.1) is 5.41 Å². The van der Waals surface area contributed by atoms with Crippen molar-refractivity contribution in [2.75, 3.05) is 4.90 Å². The summed E-state index contributed by atoms with van der Waals surface area (Å²) in [6.45, 7) is 22.6. The molecule has 1 fully saturated rings. The van der Waals surface area contributed by atoms with Crippen LogP contribution in [0.2, 0.25) is 0 Å². The Morgan fingerprint density at radius 1 is 1.00 bits per heavy atom. The first-order chi connectivity index (χ1) is 21.1. The van der Waals surface area contributed by atoms with Gasteiger partial charge in [-0.25, -0.2) is 6.54 Å². The van der Waals surface area contributed by atoms with Gasteiger partial charge in [-0.3, -0.25) is 0 Å². The number of nitro benzene ring substituents is 1. The zero-order valence-electron chi connectivity index (χ0n) is 28.1. The van der Waals surface area contributed by atoms with Crippen molar-refractivity contribution in [1.29, 1.82) is 0 Å². The van der Waals surface area contributed by atoms with E-state index in [2.05, 4.69) is 102 Å². The largest absolute Gasteiger partial charge is 0.517 e. The molecule has 0 bridgehead atoms. The topological polar surface area (TPSA) is 55.6 Å². The fourth-order valence-electron chi connectivity index (χ4n) is 6.27. The SMILES string of the molecule is CC(C)Oc1ccc([N+](=O)[O-])cc1[CH]=[Ru]([Cl])[Cl].CCc1cccc(CC)c1N1[CH-][C@](C)(Cc2ccc(C(C)C)cc2)CC1(C)C. The molecule has 1 aliphatic rings. The van der Waals surface area contributed by atoms with Crippen molar-refractivity contribution >= 4 is 35.4 Å². The standard InChI is InChI=1S/C27H38N.C10H11NO3.2ClH.Ru/c1-8-22-11-10-12-23(9-2)25(22)28-19-27(7,18-26(28,5)6)17-21-13-15-24(16-14-21)20(3)4;1-7(2)14-10-5-4-9(11(12)13)6-8(10)3;;;/h10-16,19-20H,8-9,17-18H2,1-7H3;3-7H,1-2H3;2*1H;/q-1;;;;+2/p-2/t27-;;;;/m1..../s1. The third-order valence-corrected chi connectivity index (χ3v) is 9.98. The number of benzene rings is 3. The number of nitro groups is 1. The Morgan fingerprint density at radius 2 is 1.60 bits per heavy atom. The van der Waals surface area contributed by atoms with Crippen LogP contribution in [0.15, 0.2) is 60.7 Å². The van der Waals surface area contributed by atoms with E-state index in [-0.39, 0.29) is 22.7 Å². The van der Waals surface area contributed by atoms with Crippen LogP contribution in [0.1, 0.15) is 102 Å². The summed E-state index contributed by atoms with van der Waals surface area (Å²) in [4.78, 5) is 12.8. The van der Waals surface area contributed by atoms with Crippen molar-refractivity contribution in [2.24, 2.45) is 5.41 Å². The van der Waals surface area contributed by atoms with Gasteiger partial charge in [0.2, 0.25) is 0 Å². The predicted molar refractivity (Wildman–Crippen MR) is 189 cm³/mol. The number of para-hydroxylation sites is 1. The average Bonchev–Trinajstić information content (AvgIpc) is 3.20. The molecule has 0 unspecified atom stereocenters.